The fraction of sp³-hybridized carbons (Fsp3) is 0. The Kier molecular flexibility index (Phi) is 432. The van der Waals surface area contributed by atoms with Gasteiger partial charge in [-0.3, -0.25) is 0 Å². The molecule has 0 amide bonds. The third-order valence-corrected chi connectivity index (χ3v) is 0. The fourth-order valence-corrected chi connectivity index (χ4v) is 0. The maximum atomic E-state index is 0. The number of hydrogen-bond donors (Lipinski definition) is 0. The van der Waals surface area contributed by atoms with Crippen LogP contribution < -0.4 is 0 Å². The third-order valence-electron chi connectivity index (χ3n) is 0. The summed E-state index contributed by atoms with van der Waals surface area (Å²) in [5.74, 6) is 0. The molecule has 0 rings (SSSR count). The second kappa shape index (κ2) is 47.4. The van der Waals surface area contributed by atoms with Gasteiger partial charge in [-0.2, -0.15) is 0 Å². The van der Waals surface area contributed by atoms with E-state index in [9.17, 15) is 0 Å². The summed E-state index contributed by atoms with van der Waals surface area (Å²) < 4.78 is 0. The zero-order valence-corrected chi connectivity index (χ0v) is 12.4. The number of rotatable bonds is 0. The Hall–Kier alpha value is 4.40. The quantitative estimate of drug-likeness (QED) is 0.243. The molecule has 7 heteroatoms. The van der Waals surface area contributed by atoms with Crippen molar-refractivity contribution in [3.05, 3.63) is 0 Å². The predicted octanol–water partition coefficient (Wildman–Crippen LogP) is -5.39. The van der Waals surface area contributed by atoms with E-state index in [1.54, 1.807) is 0 Å². The van der Waals surface area contributed by atoms with Gasteiger partial charge in [0, 0.05) is 34.1 Å². The summed E-state index contributed by atoms with van der Waals surface area (Å²) in [7, 11) is 0. The van der Waals surface area contributed by atoms with Crippen LogP contribution in [0.15, 0.2) is 0 Å². The van der Waals surface area contributed by atoms with Gasteiger partial charge in [0.1, 0.15) is 0 Å². The van der Waals surface area contributed by atoms with Crippen molar-refractivity contribution in [3.8, 4) is 0 Å². The van der Waals surface area contributed by atoms with Gasteiger partial charge < -0.3 is 0 Å². The zero-order valence-electron chi connectivity index (χ0n) is 2.31. The van der Waals surface area contributed by atoms with Crippen molar-refractivity contribution in [3.63, 3.8) is 0 Å². The molecule has 0 aromatic carbocycles. The Bertz CT molecular complexity index is 15.7. The van der Waals surface area contributed by atoms with Crippen LogP contribution in [0.25, 0.3) is 0 Å². The van der Waals surface area contributed by atoms with Crippen molar-refractivity contribution in [2.24, 2.45) is 0 Å². The minimum absolute atomic E-state index is 0. The van der Waals surface area contributed by atoms with Gasteiger partial charge in [-0.05, 0) is 0 Å². The molecule has 0 aliphatic rings. The average molecular weight is 604 g/mol. The van der Waals surface area contributed by atoms with Gasteiger partial charge in [-0.25, -0.2) is 0 Å². The monoisotopic (exact) mass is 604 g/mol. The van der Waals surface area contributed by atoms with Crippen LogP contribution in [0.1, 0.15) is 0 Å². The Labute approximate surface area is 135 Å². The van der Waals surface area contributed by atoms with E-state index < -0.39 is 0 Å². The first-order valence-electron chi connectivity index (χ1n) is 0. The van der Waals surface area contributed by atoms with Crippen LogP contribution in [0.4, 0.5) is 0 Å². The van der Waals surface area contributed by atoms with Crippen molar-refractivity contribution >= 4 is 104 Å². The molecule has 0 spiro atoms. The standard InChI is InChI=1S/2Cu.Ga.In.Sb.2H2Se.9H/h;;;;;2*1H2;;;;;;;;;. The Morgan fingerprint density at radius 1 is 0.714 bits per heavy atom. The molecule has 0 saturated heterocycles. The first-order valence-corrected chi connectivity index (χ1v) is 0. The second-order valence-corrected chi connectivity index (χ2v) is 0. The van der Waals surface area contributed by atoms with E-state index in [0.717, 1.165) is 0 Å². The van der Waals surface area contributed by atoms with Crippen LogP contribution in [0.5, 0.6) is 0 Å². The van der Waals surface area contributed by atoms with Crippen molar-refractivity contribution in [2.75, 3.05) is 0 Å². The van der Waals surface area contributed by atoms with Gasteiger partial charge in [0.15, 0.2) is 0 Å². The molecule has 0 aliphatic heterocycles. The SMILES string of the molecule is [Cu].[Cu].[GaH3].[InH3].[SbH3].[SeH2].[SeH2]. The fourth-order valence-electron chi connectivity index (χ4n) is 0. The molecule has 0 bridgehead atoms. The van der Waals surface area contributed by atoms with Gasteiger partial charge in [-0.1, -0.05) is 0 Å². The number of hydrogen-bond acceptors (Lipinski definition) is 0. The van der Waals surface area contributed by atoms with Crippen LogP contribution >= 0.6 is 0 Å². The van der Waals surface area contributed by atoms with Crippen molar-refractivity contribution in [1.82, 2.24) is 0 Å². The van der Waals surface area contributed by atoms with Crippen molar-refractivity contribution < 1.29 is 34.1 Å². The molecular formula is H13Cu2GaInSbSe2. The molecule has 0 atom stereocenters. The first-order chi connectivity index (χ1) is 0. The van der Waals surface area contributed by atoms with Gasteiger partial charge in [0.25, 0.3) is 0 Å². The topological polar surface area (TPSA) is 0 Å². The van der Waals surface area contributed by atoms with Crippen LogP contribution in [0.3, 0.4) is 0 Å². The molecule has 0 saturated carbocycles. The van der Waals surface area contributed by atoms with E-state index in [1.807, 2.05) is 0 Å². The Morgan fingerprint density at radius 2 is 0.714 bits per heavy atom. The van der Waals surface area contributed by atoms with Gasteiger partial charge in [0.2, 0.25) is 0 Å². The molecule has 0 aromatic rings. The molecule has 0 heterocycles. The van der Waals surface area contributed by atoms with Gasteiger partial charge in [-0.15, -0.1) is 0 Å². The summed E-state index contributed by atoms with van der Waals surface area (Å²) in [6, 6.07) is 0. The van der Waals surface area contributed by atoms with Crippen LogP contribution in [-0.4, -0.2) is 104 Å². The summed E-state index contributed by atoms with van der Waals surface area (Å²) in [4.78, 5) is 0. The second-order valence-electron chi connectivity index (χ2n) is 0. The average Bonchev–Trinajstić information content (AvgIpc) is 0. The van der Waals surface area contributed by atoms with E-state index in [1.165, 1.54) is 0 Å². The summed E-state index contributed by atoms with van der Waals surface area (Å²) in [6.07, 6.45) is 0. The van der Waals surface area contributed by atoms with Crippen LogP contribution in [0.2, 0.25) is 0 Å². The Morgan fingerprint density at radius 3 is 0.714 bits per heavy atom. The predicted molar refractivity (Wildman–Crippen MR) is 46.9 cm³/mol. The zero-order chi connectivity index (χ0) is 0. The maximum absolute atomic E-state index is 0. The van der Waals surface area contributed by atoms with E-state index in [2.05, 4.69) is 0 Å². The molecule has 58 valence electrons. The van der Waals surface area contributed by atoms with Crippen molar-refractivity contribution in [2.45, 2.75) is 0 Å². The molecule has 0 aromatic heterocycles. The summed E-state index contributed by atoms with van der Waals surface area (Å²) in [5.41, 5.74) is 0. The van der Waals surface area contributed by atoms with E-state index in [4.69, 9.17) is 0 Å². The first kappa shape index (κ1) is 63.7. The van der Waals surface area contributed by atoms with Crippen LogP contribution in [-0.2, 0) is 34.1 Å². The summed E-state index contributed by atoms with van der Waals surface area (Å²) in [6.45, 7) is 0. The van der Waals surface area contributed by atoms with E-state index in [0.29, 0.717) is 0 Å². The molecule has 0 aliphatic carbocycles. The molecule has 7 heavy (non-hydrogen) atoms. The Balaban J connectivity index is 0. The molecule has 2 radical (unpaired) electrons. The summed E-state index contributed by atoms with van der Waals surface area (Å²) >= 11 is 0. The van der Waals surface area contributed by atoms with Crippen molar-refractivity contribution in [1.29, 1.82) is 0 Å². The summed E-state index contributed by atoms with van der Waals surface area (Å²) in [5, 5.41) is 0. The molecular weight excluding hydrogens is 591 g/mol. The molecule has 0 nitrogen and oxygen atoms in total. The van der Waals surface area contributed by atoms with E-state index in [-0.39, 0.29) is 138 Å². The van der Waals surface area contributed by atoms with Crippen LogP contribution in [0, 0.1) is 0 Å². The normalized spacial score (nSPS) is 0. The van der Waals surface area contributed by atoms with Gasteiger partial charge in [0.05, 0.1) is 0 Å². The van der Waals surface area contributed by atoms with E-state index >= 15 is 0 Å². The minimum atomic E-state index is 0. The molecule has 0 fully saturated rings. The molecule has 0 N–H and O–H groups in total. The third kappa shape index (κ3) is 37.9. The molecule has 0 unspecified atom stereocenters. The van der Waals surface area contributed by atoms with Gasteiger partial charge >= 0.3 is 104 Å².